The summed E-state index contributed by atoms with van der Waals surface area (Å²) in [4.78, 5) is 4.56. The largest absolute Gasteiger partial charge is 0.389 e. The molecule has 2 atom stereocenters. The Morgan fingerprint density at radius 1 is 1.21 bits per heavy atom. The maximum atomic E-state index is 11.0. The second-order valence-corrected chi connectivity index (χ2v) is 6.87. The average molecular weight is 328 g/mol. The lowest BCUT2D eigenvalue weighted by Gasteiger charge is -2.50. The number of benzene rings is 1. The van der Waals surface area contributed by atoms with Gasteiger partial charge in [-0.05, 0) is 38.6 Å². The summed E-state index contributed by atoms with van der Waals surface area (Å²) in [5.41, 5.74) is 0.915. The molecule has 1 aromatic heterocycles. The Labute approximate surface area is 144 Å². The van der Waals surface area contributed by atoms with Gasteiger partial charge in [-0.15, -0.1) is 0 Å². The van der Waals surface area contributed by atoms with Gasteiger partial charge in [0.15, 0.2) is 0 Å². The number of likely N-dealkylation sites (N-methyl/N-ethyl adjacent to an activating group) is 1. The van der Waals surface area contributed by atoms with Crippen molar-refractivity contribution in [2.45, 2.75) is 31.0 Å². The number of aliphatic hydroxyl groups is 1. The van der Waals surface area contributed by atoms with Crippen LogP contribution in [0.4, 0.5) is 0 Å². The molecule has 1 saturated heterocycles. The molecule has 1 N–H and O–H groups in total. The number of β-amino-alcohol motifs (C(OH)–C–C–N with tert-alkyl or cyclic N) is 1. The highest BCUT2D eigenvalue weighted by Gasteiger charge is 2.45. The number of aromatic nitrogens is 2. The summed E-state index contributed by atoms with van der Waals surface area (Å²) >= 11 is 0. The highest BCUT2D eigenvalue weighted by molar-refractivity contribution is 5.27. The van der Waals surface area contributed by atoms with Crippen LogP contribution in [0.3, 0.4) is 0 Å². The molecular weight excluding hydrogens is 300 g/mol. The van der Waals surface area contributed by atoms with E-state index in [0.29, 0.717) is 6.54 Å². The van der Waals surface area contributed by atoms with E-state index >= 15 is 0 Å². The van der Waals surface area contributed by atoms with Crippen LogP contribution in [-0.4, -0.2) is 64.5 Å². The van der Waals surface area contributed by atoms with Crippen molar-refractivity contribution in [3.05, 3.63) is 54.4 Å². The van der Waals surface area contributed by atoms with Crippen molar-refractivity contribution in [2.24, 2.45) is 0 Å². The van der Waals surface area contributed by atoms with Gasteiger partial charge in [0.05, 0.1) is 11.6 Å². The van der Waals surface area contributed by atoms with Gasteiger partial charge in [-0.1, -0.05) is 30.3 Å². The Morgan fingerprint density at radius 2 is 2.00 bits per heavy atom. The molecule has 0 spiro atoms. The normalized spacial score (nSPS) is 25.2. The van der Waals surface area contributed by atoms with Crippen molar-refractivity contribution >= 4 is 0 Å². The number of piperidine rings is 1. The zero-order valence-corrected chi connectivity index (χ0v) is 14.7. The summed E-state index contributed by atoms with van der Waals surface area (Å²) in [5, 5.41) is 15.2. The third-order valence-corrected chi connectivity index (χ3v) is 5.28. The molecule has 0 radical (unpaired) electrons. The standard InChI is InChI=1S/C19H28N4O/c1-21(2)19(17-8-4-3-5-9-17)10-15-22(16-18(19)24)12-7-14-23-13-6-11-20-23/h3-6,8-9,11,13,18,24H,7,10,12,14-16H2,1-2H3/t18-,19+/m1/s1. The van der Waals surface area contributed by atoms with Crippen molar-refractivity contribution in [3.63, 3.8) is 0 Å². The minimum Gasteiger partial charge on any atom is -0.389 e. The summed E-state index contributed by atoms with van der Waals surface area (Å²) in [5.74, 6) is 0. The average Bonchev–Trinajstić information content (AvgIpc) is 3.09. The topological polar surface area (TPSA) is 44.5 Å². The van der Waals surface area contributed by atoms with Gasteiger partial charge < -0.3 is 10.0 Å². The summed E-state index contributed by atoms with van der Waals surface area (Å²) in [6.07, 6.45) is 5.41. The molecule has 0 saturated carbocycles. The molecule has 2 heterocycles. The van der Waals surface area contributed by atoms with Gasteiger partial charge in [0.25, 0.3) is 0 Å². The predicted octanol–water partition coefficient (Wildman–Crippen LogP) is 1.80. The number of likely N-dealkylation sites (tertiary alicyclic amines) is 1. The first-order valence-corrected chi connectivity index (χ1v) is 8.74. The molecule has 1 fully saturated rings. The molecule has 0 aliphatic carbocycles. The van der Waals surface area contributed by atoms with E-state index in [1.165, 1.54) is 5.56 Å². The highest BCUT2D eigenvalue weighted by atomic mass is 16.3. The van der Waals surface area contributed by atoms with Crippen LogP contribution in [0.2, 0.25) is 0 Å². The molecule has 0 unspecified atom stereocenters. The van der Waals surface area contributed by atoms with Crippen LogP contribution in [-0.2, 0) is 12.1 Å². The van der Waals surface area contributed by atoms with Crippen LogP contribution in [0.25, 0.3) is 0 Å². The molecule has 1 aliphatic heterocycles. The summed E-state index contributed by atoms with van der Waals surface area (Å²) < 4.78 is 1.97. The molecule has 1 aliphatic rings. The van der Waals surface area contributed by atoms with E-state index in [4.69, 9.17) is 0 Å². The van der Waals surface area contributed by atoms with Crippen LogP contribution in [0.15, 0.2) is 48.8 Å². The maximum Gasteiger partial charge on any atom is 0.0892 e. The van der Waals surface area contributed by atoms with Crippen molar-refractivity contribution in [1.82, 2.24) is 19.6 Å². The molecule has 130 valence electrons. The fourth-order valence-electron chi connectivity index (χ4n) is 3.92. The number of nitrogens with zero attached hydrogens (tertiary/aromatic N) is 4. The molecule has 5 nitrogen and oxygen atoms in total. The first kappa shape index (κ1) is 17.1. The minimum atomic E-state index is -0.395. The lowest BCUT2D eigenvalue weighted by Crippen LogP contribution is -2.60. The van der Waals surface area contributed by atoms with Crippen molar-refractivity contribution < 1.29 is 5.11 Å². The van der Waals surface area contributed by atoms with E-state index in [0.717, 1.165) is 32.5 Å². The van der Waals surface area contributed by atoms with E-state index in [2.05, 4.69) is 53.3 Å². The van der Waals surface area contributed by atoms with Gasteiger partial charge in [0.2, 0.25) is 0 Å². The Bertz CT molecular complexity index is 614. The summed E-state index contributed by atoms with van der Waals surface area (Å²) in [6, 6.07) is 12.4. The van der Waals surface area contributed by atoms with Gasteiger partial charge in [-0.2, -0.15) is 5.10 Å². The smallest absolute Gasteiger partial charge is 0.0892 e. The Kier molecular flexibility index (Phi) is 5.33. The number of aliphatic hydroxyl groups excluding tert-OH is 1. The Hall–Kier alpha value is -1.69. The zero-order valence-electron chi connectivity index (χ0n) is 14.7. The molecule has 2 aromatic rings. The number of aryl methyl sites for hydroxylation is 1. The van der Waals surface area contributed by atoms with Crippen LogP contribution in [0.5, 0.6) is 0 Å². The van der Waals surface area contributed by atoms with E-state index < -0.39 is 6.10 Å². The zero-order chi connectivity index (χ0) is 17.0. The lowest BCUT2D eigenvalue weighted by atomic mass is 9.77. The van der Waals surface area contributed by atoms with E-state index in [-0.39, 0.29) is 5.54 Å². The molecule has 1 aromatic carbocycles. The van der Waals surface area contributed by atoms with Gasteiger partial charge in [-0.3, -0.25) is 9.58 Å². The van der Waals surface area contributed by atoms with Crippen molar-refractivity contribution in [2.75, 3.05) is 33.7 Å². The molecule has 0 amide bonds. The molecular formula is C19H28N4O. The second-order valence-electron chi connectivity index (χ2n) is 6.87. The van der Waals surface area contributed by atoms with Gasteiger partial charge in [0, 0.05) is 38.6 Å². The minimum absolute atomic E-state index is 0.292. The third-order valence-electron chi connectivity index (χ3n) is 5.28. The number of hydrogen-bond acceptors (Lipinski definition) is 4. The maximum absolute atomic E-state index is 11.0. The predicted molar refractivity (Wildman–Crippen MR) is 95.7 cm³/mol. The van der Waals surface area contributed by atoms with Crippen LogP contribution < -0.4 is 0 Å². The third kappa shape index (κ3) is 3.38. The second kappa shape index (κ2) is 7.47. The molecule has 3 rings (SSSR count). The quantitative estimate of drug-likeness (QED) is 0.878. The van der Waals surface area contributed by atoms with E-state index in [1.54, 1.807) is 0 Å². The fourth-order valence-corrected chi connectivity index (χ4v) is 3.92. The van der Waals surface area contributed by atoms with Crippen LogP contribution >= 0.6 is 0 Å². The number of rotatable bonds is 6. The van der Waals surface area contributed by atoms with Crippen molar-refractivity contribution in [3.8, 4) is 0 Å². The fraction of sp³-hybridized carbons (Fsp3) is 0.526. The van der Waals surface area contributed by atoms with Crippen LogP contribution in [0.1, 0.15) is 18.4 Å². The molecule has 24 heavy (non-hydrogen) atoms. The Balaban J connectivity index is 1.62. The summed E-state index contributed by atoms with van der Waals surface area (Å²) in [7, 11) is 4.15. The highest BCUT2D eigenvalue weighted by Crippen LogP contribution is 2.37. The summed E-state index contributed by atoms with van der Waals surface area (Å²) in [6.45, 7) is 3.64. The first-order chi connectivity index (χ1) is 11.6. The van der Waals surface area contributed by atoms with Crippen LogP contribution in [0, 0.1) is 0 Å². The van der Waals surface area contributed by atoms with Gasteiger partial charge >= 0.3 is 0 Å². The lowest BCUT2D eigenvalue weighted by molar-refractivity contribution is -0.0686. The SMILES string of the molecule is CN(C)[C@]1(c2ccccc2)CCN(CCCn2cccn2)C[C@H]1O. The van der Waals surface area contributed by atoms with Crippen molar-refractivity contribution in [1.29, 1.82) is 0 Å². The Morgan fingerprint density at radius 3 is 2.62 bits per heavy atom. The monoisotopic (exact) mass is 328 g/mol. The van der Waals surface area contributed by atoms with Gasteiger partial charge in [-0.25, -0.2) is 0 Å². The van der Waals surface area contributed by atoms with E-state index in [9.17, 15) is 5.11 Å². The molecule has 0 bridgehead atoms. The molecule has 5 heteroatoms. The first-order valence-electron chi connectivity index (χ1n) is 8.74. The van der Waals surface area contributed by atoms with E-state index in [1.807, 2.05) is 29.2 Å². The van der Waals surface area contributed by atoms with Gasteiger partial charge in [0.1, 0.15) is 0 Å². The number of hydrogen-bond donors (Lipinski definition) is 1.